The van der Waals surface area contributed by atoms with Crippen LogP contribution in [0.2, 0.25) is 0 Å². The van der Waals surface area contributed by atoms with E-state index in [9.17, 15) is 19.6 Å². The molecule has 9 heteroatoms. The second-order valence-corrected chi connectivity index (χ2v) is 10.6. The van der Waals surface area contributed by atoms with E-state index in [1.54, 1.807) is 32.7 Å². The number of benzene rings is 2. The van der Waals surface area contributed by atoms with Gasteiger partial charge in [-0.1, -0.05) is 36.4 Å². The van der Waals surface area contributed by atoms with Crippen LogP contribution in [-0.2, 0) is 31.9 Å². The number of likely N-dealkylation sites (tertiary alicyclic amines) is 1. The minimum atomic E-state index is -1.21. The van der Waals surface area contributed by atoms with Crippen molar-refractivity contribution in [3.05, 3.63) is 53.6 Å². The highest BCUT2D eigenvalue weighted by molar-refractivity contribution is 6.01. The van der Waals surface area contributed by atoms with Crippen molar-refractivity contribution in [2.45, 2.75) is 50.9 Å². The summed E-state index contributed by atoms with van der Waals surface area (Å²) in [6, 6.07) is 15.2. The number of rotatable bonds is 6. The molecule has 2 aromatic rings. The largest absolute Gasteiger partial charge is 0.444 e. The number of hydrogen-bond acceptors (Lipinski definition) is 6. The summed E-state index contributed by atoms with van der Waals surface area (Å²) >= 11 is 0. The molecule has 0 spiro atoms. The minimum Gasteiger partial charge on any atom is -0.444 e. The van der Waals surface area contributed by atoms with Crippen LogP contribution in [0.25, 0.3) is 11.1 Å². The van der Waals surface area contributed by atoms with Gasteiger partial charge < -0.3 is 24.6 Å². The summed E-state index contributed by atoms with van der Waals surface area (Å²) in [5, 5.41) is 12.4. The summed E-state index contributed by atoms with van der Waals surface area (Å²) in [5.74, 6) is -0.350. The number of carbonyl (C=O) groups excluding carboxylic acids is 3. The number of nitrogens with zero attached hydrogens (tertiary/aromatic N) is 3. The fourth-order valence-electron chi connectivity index (χ4n) is 4.50. The number of anilines is 1. The molecule has 3 amide bonds. The topological polar surface area (TPSA) is 112 Å². The molecule has 0 radical (unpaired) electrons. The number of amides is 3. The van der Waals surface area contributed by atoms with Gasteiger partial charge in [-0.05, 0) is 49.1 Å². The predicted octanol–water partition coefficient (Wildman–Crippen LogP) is 3.06. The van der Waals surface area contributed by atoms with E-state index in [4.69, 9.17) is 9.47 Å². The van der Waals surface area contributed by atoms with Gasteiger partial charge in [-0.3, -0.25) is 9.59 Å². The van der Waals surface area contributed by atoms with Crippen LogP contribution in [0.1, 0.15) is 31.9 Å². The molecule has 2 aliphatic heterocycles. The molecule has 2 aliphatic rings. The van der Waals surface area contributed by atoms with Crippen molar-refractivity contribution in [3.63, 3.8) is 0 Å². The van der Waals surface area contributed by atoms with Gasteiger partial charge >= 0.3 is 6.09 Å². The van der Waals surface area contributed by atoms with Crippen molar-refractivity contribution in [1.82, 2.24) is 10.2 Å². The van der Waals surface area contributed by atoms with E-state index < -0.39 is 29.2 Å². The Morgan fingerprint density at radius 1 is 1.14 bits per heavy atom. The number of methoxy groups -OCH3 is 1. The van der Waals surface area contributed by atoms with E-state index >= 15 is 0 Å². The maximum absolute atomic E-state index is 13.0. The molecule has 194 valence electrons. The molecule has 37 heavy (non-hydrogen) atoms. The van der Waals surface area contributed by atoms with Gasteiger partial charge in [-0.2, -0.15) is 5.26 Å². The van der Waals surface area contributed by atoms with Crippen molar-refractivity contribution in [3.8, 4) is 17.2 Å². The Kier molecular flexibility index (Phi) is 6.98. The Bertz CT molecular complexity index is 1250. The zero-order valence-electron chi connectivity index (χ0n) is 21.8. The smallest absolute Gasteiger partial charge is 0.410 e. The van der Waals surface area contributed by atoms with Crippen LogP contribution in [0.4, 0.5) is 10.5 Å². The van der Waals surface area contributed by atoms with Crippen LogP contribution in [0, 0.1) is 11.3 Å². The van der Waals surface area contributed by atoms with Crippen molar-refractivity contribution >= 4 is 23.6 Å². The van der Waals surface area contributed by atoms with E-state index in [1.807, 2.05) is 42.5 Å². The molecular formula is C28H32N4O5. The molecule has 4 rings (SSSR count). The quantitative estimate of drug-likeness (QED) is 0.647. The molecule has 0 aromatic heterocycles. The van der Waals surface area contributed by atoms with Gasteiger partial charge in [0.25, 0.3) is 5.91 Å². The lowest BCUT2D eigenvalue weighted by molar-refractivity contribution is -0.164. The zero-order valence-corrected chi connectivity index (χ0v) is 21.8. The fourth-order valence-corrected chi connectivity index (χ4v) is 4.50. The summed E-state index contributed by atoms with van der Waals surface area (Å²) in [7, 11) is 3.20. The molecule has 2 aromatic carbocycles. The second-order valence-electron chi connectivity index (χ2n) is 10.6. The SMILES string of the molecule is COC1(C(=O)N[C@H](C#N)Cc2ccc(-c3ccc4c(c3)N(C)C(=O)C4)cc2)CN(C(=O)OC(C)(C)C)C1. The number of hydrogen-bond donors (Lipinski definition) is 1. The number of likely N-dealkylation sites (N-methyl/N-ethyl adjacent to an activating group) is 1. The van der Waals surface area contributed by atoms with E-state index in [0.717, 1.165) is 27.9 Å². The standard InChI is InChI=1S/C28H32N4O5/c1-27(2,3)37-26(35)32-16-28(17-32,36-5)25(34)30-22(15-29)12-18-6-8-19(9-7-18)20-10-11-21-14-24(33)31(4)23(21)13-20/h6-11,13,22H,12,14,16-17H2,1-5H3,(H,30,34)/t22-/m0/s1. The molecule has 0 saturated carbocycles. The summed E-state index contributed by atoms with van der Waals surface area (Å²) in [6.45, 7) is 5.43. The predicted molar refractivity (Wildman–Crippen MR) is 138 cm³/mol. The van der Waals surface area contributed by atoms with E-state index in [1.165, 1.54) is 12.0 Å². The van der Waals surface area contributed by atoms with Crippen LogP contribution in [-0.4, -0.2) is 67.3 Å². The first-order chi connectivity index (χ1) is 17.4. The molecule has 1 N–H and O–H groups in total. The maximum Gasteiger partial charge on any atom is 0.410 e. The lowest BCUT2D eigenvalue weighted by atomic mass is 9.92. The molecule has 1 saturated heterocycles. The molecule has 0 bridgehead atoms. The average molecular weight is 505 g/mol. The normalized spacial score (nSPS) is 16.9. The summed E-state index contributed by atoms with van der Waals surface area (Å²) in [5.41, 5.74) is 2.98. The Hall–Kier alpha value is -3.90. The fraction of sp³-hybridized carbons (Fsp3) is 0.429. The van der Waals surface area contributed by atoms with Gasteiger partial charge in [0, 0.05) is 26.3 Å². The summed E-state index contributed by atoms with van der Waals surface area (Å²) in [6.07, 6.45) is 0.237. The Balaban J connectivity index is 1.37. The summed E-state index contributed by atoms with van der Waals surface area (Å²) in [4.78, 5) is 40.3. The minimum absolute atomic E-state index is 0.0542. The summed E-state index contributed by atoms with van der Waals surface area (Å²) < 4.78 is 10.8. The molecule has 9 nitrogen and oxygen atoms in total. The highest BCUT2D eigenvalue weighted by Crippen LogP contribution is 2.33. The Morgan fingerprint density at radius 3 is 2.38 bits per heavy atom. The van der Waals surface area contributed by atoms with Crippen molar-refractivity contribution in [1.29, 1.82) is 5.26 Å². The zero-order chi connectivity index (χ0) is 27.0. The number of ether oxygens (including phenoxy) is 2. The van der Waals surface area contributed by atoms with Gasteiger partial charge in [-0.25, -0.2) is 4.79 Å². The second kappa shape index (κ2) is 9.87. The highest BCUT2D eigenvalue weighted by Gasteiger charge is 2.53. The van der Waals surface area contributed by atoms with E-state index in [0.29, 0.717) is 12.8 Å². The highest BCUT2D eigenvalue weighted by atomic mass is 16.6. The third kappa shape index (κ3) is 5.44. The molecular weight excluding hydrogens is 472 g/mol. The number of fused-ring (bicyclic) bond motifs is 1. The van der Waals surface area contributed by atoms with Gasteiger partial charge in [0.05, 0.1) is 25.6 Å². The van der Waals surface area contributed by atoms with E-state index in [-0.39, 0.29) is 19.0 Å². The molecule has 0 unspecified atom stereocenters. The van der Waals surface area contributed by atoms with Crippen molar-refractivity contribution < 1.29 is 23.9 Å². The van der Waals surface area contributed by atoms with Crippen molar-refractivity contribution in [2.24, 2.45) is 0 Å². The van der Waals surface area contributed by atoms with Crippen LogP contribution in [0.5, 0.6) is 0 Å². The van der Waals surface area contributed by atoms with Crippen LogP contribution < -0.4 is 10.2 Å². The lowest BCUT2D eigenvalue weighted by Crippen LogP contribution is -2.71. The number of nitrogens with one attached hydrogen (secondary N) is 1. The van der Waals surface area contributed by atoms with Gasteiger partial charge in [0.1, 0.15) is 11.6 Å². The first-order valence-corrected chi connectivity index (χ1v) is 12.2. The Morgan fingerprint density at radius 2 is 1.78 bits per heavy atom. The Labute approximate surface area is 216 Å². The molecule has 0 aliphatic carbocycles. The van der Waals surface area contributed by atoms with Gasteiger partial charge in [-0.15, -0.1) is 0 Å². The van der Waals surface area contributed by atoms with Crippen molar-refractivity contribution in [2.75, 3.05) is 32.1 Å². The average Bonchev–Trinajstić information content (AvgIpc) is 3.10. The van der Waals surface area contributed by atoms with E-state index in [2.05, 4.69) is 11.4 Å². The van der Waals surface area contributed by atoms with Crippen LogP contribution >= 0.6 is 0 Å². The van der Waals surface area contributed by atoms with Crippen LogP contribution in [0.15, 0.2) is 42.5 Å². The first kappa shape index (κ1) is 26.2. The molecule has 1 atom stereocenters. The van der Waals surface area contributed by atoms with Gasteiger partial charge in [0.2, 0.25) is 5.91 Å². The molecule has 1 fully saturated rings. The number of nitriles is 1. The maximum atomic E-state index is 13.0. The lowest BCUT2D eigenvalue weighted by Gasteiger charge is -2.47. The third-order valence-electron chi connectivity index (χ3n) is 6.70. The van der Waals surface area contributed by atoms with Gasteiger partial charge in [0.15, 0.2) is 5.60 Å². The molecule has 2 heterocycles. The van der Waals surface area contributed by atoms with Crippen LogP contribution in [0.3, 0.4) is 0 Å². The number of carbonyl (C=O) groups is 3. The third-order valence-corrected chi connectivity index (χ3v) is 6.70. The first-order valence-electron chi connectivity index (χ1n) is 12.2. The monoisotopic (exact) mass is 504 g/mol.